The molecule has 0 spiro atoms. The number of fused-ring (bicyclic) bond motifs is 1. The molecule has 5 aromatic rings. The standard InChI is InChI=1S/C34H24ClF6N3O4/c35-24-13-11-22(33(36,37)38)17-26(24)43-31(46)30(21-9-5-2-6-10-21)48-29(45)16-14-25-32(47)44(19-20-7-3-1-4-8-20)28-15-12-23(34(39,40)41)18-27(28)42-25/h1-13,15,17-18,30H,14,16,19H2,(H,43,46). The van der Waals surface area contributed by atoms with E-state index in [1.54, 1.807) is 48.5 Å². The van der Waals surface area contributed by atoms with Gasteiger partial charge in [0, 0.05) is 12.0 Å². The van der Waals surface area contributed by atoms with E-state index in [-0.39, 0.29) is 46.0 Å². The number of aryl methyl sites for hydroxylation is 1. The van der Waals surface area contributed by atoms with Gasteiger partial charge < -0.3 is 14.6 Å². The predicted octanol–water partition coefficient (Wildman–Crippen LogP) is 7.99. The molecular formula is C34H24ClF6N3O4. The maximum absolute atomic E-state index is 13.5. The summed E-state index contributed by atoms with van der Waals surface area (Å²) in [7, 11) is 0. The highest BCUT2D eigenvalue weighted by Gasteiger charge is 2.33. The smallest absolute Gasteiger partial charge is 0.416 e. The highest BCUT2D eigenvalue weighted by atomic mass is 35.5. The van der Waals surface area contributed by atoms with Crippen LogP contribution in [0.15, 0.2) is 102 Å². The highest BCUT2D eigenvalue weighted by Crippen LogP contribution is 2.35. The van der Waals surface area contributed by atoms with Crippen molar-refractivity contribution in [2.24, 2.45) is 0 Å². The summed E-state index contributed by atoms with van der Waals surface area (Å²) >= 11 is 6.03. The second kappa shape index (κ2) is 13.9. The number of alkyl halides is 6. The molecule has 0 radical (unpaired) electrons. The molecule has 0 saturated carbocycles. The molecule has 1 atom stereocenters. The Bertz CT molecular complexity index is 2020. The number of amides is 1. The first-order chi connectivity index (χ1) is 22.7. The monoisotopic (exact) mass is 687 g/mol. The third kappa shape index (κ3) is 8.03. The van der Waals surface area contributed by atoms with Crippen LogP contribution >= 0.6 is 11.6 Å². The lowest BCUT2D eigenvalue weighted by Gasteiger charge is -2.19. The molecule has 7 nitrogen and oxygen atoms in total. The van der Waals surface area contributed by atoms with E-state index in [9.17, 15) is 40.7 Å². The molecular weight excluding hydrogens is 664 g/mol. The van der Waals surface area contributed by atoms with Gasteiger partial charge in [0.2, 0.25) is 6.10 Å². The van der Waals surface area contributed by atoms with Crippen LogP contribution in [0.2, 0.25) is 5.02 Å². The quantitative estimate of drug-likeness (QED) is 0.125. The summed E-state index contributed by atoms with van der Waals surface area (Å²) < 4.78 is 87.1. The zero-order valence-corrected chi connectivity index (χ0v) is 25.4. The fourth-order valence-electron chi connectivity index (χ4n) is 4.87. The Morgan fingerprint density at radius 3 is 2.08 bits per heavy atom. The Morgan fingerprint density at radius 1 is 0.833 bits per heavy atom. The lowest BCUT2D eigenvalue weighted by molar-refractivity contribution is -0.154. The Hall–Kier alpha value is -5.17. The van der Waals surface area contributed by atoms with Crippen LogP contribution in [-0.4, -0.2) is 21.4 Å². The second-order valence-electron chi connectivity index (χ2n) is 10.6. The van der Waals surface area contributed by atoms with Crippen LogP contribution in [0.4, 0.5) is 32.0 Å². The summed E-state index contributed by atoms with van der Waals surface area (Å²) in [5.74, 6) is -2.00. The van der Waals surface area contributed by atoms with Gasteiger partial charge in [0.05, 0.1) is 45.8 Å². The number of nitrogens with one attached hydrogen (secondary N) is 1. The van der Waals surface area contributed by atoms with Gasteiger partial charge in [0.1, 0.15) is 5.69 Å². The number of benzene rings is 4. The van der Waals surface area contributed by atoms with Crippen LogP contribution in [0.25, 0.3) is 11.0 Å². The summed E-state index contributed by atoms with van der Waals surface area (Å²) in [6.45, 7) is 0.00978. The van der Waals surface area contributed by atoms with E-state index in [0.29, 0.717) is 11.6 Å². The van der Waals surface area contributed by atoms with Gasteiger partial charge in [-0.25, -0.2) is 4.98 Å². The third-order valence-electron chi connectivity index (χ3n) is 7.23. The molecule has 4 aromatic carbocycles. The molecule has 5 rings (SSSR count). The largest absolute Gasteiger partial charge is 0.447 e. The van der Waals surface area contributed by atoms with Gasteiger partial charge in [-0.1, -0.05) is 72.3 Å². The van der Waals surface area contributed by atoms with Gasteiger partial charge >= 0.3 is 18.3 Å². The van der Waals surface area contributed by atoms with E-state index in [4.69, 9.17) is 16.3 Å². The molecule has 1 unspecified atom stereocenters. The van der Waals surface area contributed by atoms with Crippen molar-refractivity contribution < 1.29 is 40.7 Å². The van der Waals surface area contributed by atoms with Crippen molar-refractivity contribution in [3.63, 3.8) is 0 Å². The first-order valence-electron chi connectivity index (χ1n) is 14.3. The van der Waals surface area contributed by atoms with Crippen LogP contribution in [0.5, 0.6) is 0 Å². The van der Waals surface area contributed by atoms with E-state index in [2.05, 4.69) is 10.3 Å². The van der Waals surface area contributed by atoms with Gasteiger partial charge in [-0.15, -0.1) is 0 Å². The van der Waals surface area contributed by atoms with Crippen LogP contribution in [0, 0.1) is 0 Å². The minimum absolute atomic E-state index is 0.00978. The Morgan fingerprint density at radius 2 is 1.44 bits per heavy atom. The molecule has 1 N–H and O–H groups in total. The number of carbonyl (C=O) groups excluding carboxylic acids is 2. The zero-order valence-electron chi connectivity index (χ0n) is 24.6. The average molecular weight is 688 g/mol. The summed E-state index contributed by atoms with van der Waals surface area (Å²) in [5.41, 5.74) is -2.38. The van der Waals surface area contributed by atoms with Gasteiger partial charge in [-0.3, -0.25) is 14.4 Å². The fraction of sp³-hybridized carbons (Fsp3) is 0.176. The molecule has 0 bridgehead atoms. The van der Waals surface area contributed by atoms with Crippen LogP contribution < -0.4 is 10.9 Å². The van der Waals surface area contributed by atoms with Crippen molar-refractivity contribution in [3.05, 3.63) is 140 Å². The average Bonchev–Trinajstić information content (AvgIpc) is 3.04. The maximum atomic E-state index is 13.5. The van der Waals surface area contributed by atoms with Crippen molar-refractivity contribution >= 4 is 40.2 Å². The van der Waals surface area contributed by atoms with Crippen molar-refractivity contribution in [2.75, 3.05) is 5.32 Å². The van der Waals surface area contributed by atoms with Crippen molar-refractivity contribution in [2.45, 2.75) is 37.8 Å². The Kier molecular flexibility index (Phi) is 9.90. The van der Waals surface area contributed by atoms with Crippen LogP contribution in [-0.2, 0) is 39.6 Å². The Balaban J connectivity index is 1.41. The molecule has 1 amide bonds. The van der Waals surface area contributed by atoms with Gasteiger partial charge in [0.15, 0.2) is 0 Å². The number of nitrogens with zero attached hydrogens (tertiary/aromatic N) is 2. The number of hydrogen-bond acceptors (Lipinski definition) is 5. The summed E-state index contributed by atoms with van der Waals surface area (Å²) in [4.78, 5) is 44.1. The molecule has 1 aromatic heterocycles. The minimum Gasteiger partial charge on any atom is -0.447 e. The summed E-state index contributed by atoms with van der Waals surface area (Å²) in [5, 5.41) is 2.08. The first-order valence-corrected chi connectivity index (χ1v) is 14.6. The second-order valence-corrected chi connectivity index (χ2v) is 11.0. The summed E-state index contributed by atoms with van der Waals surface area (Å²) in [6, 6.07) is 21.5. The van der Waals surface area contributed by atoms with Gasteiger partial charge in [-0.2, -0.15) is 26.3 Å². The number of rotatable bonds is 9. The zero-order chi connectivity index (χ0) is 34.6. The topological polar surface area (TPSA) is 90.3 Å². The molecule has 0 aliphatic carbocycles. The molecule has 0 aliphatic rings. The van der Waals surface area contributed by atoms with E-state index in [0.717, 1.165) is 30.3 Å². The van der Waals surface area contributed by atoms with Crippen LogP contribution in [0.1, 0.15) is 40.5 Å². The minimum atomic E-state index is -4.72. The van der Waals surface area contributed by atoms with Crippen molar-refractivity contribution in [3.8, 4) is 0 Å². The number of esters is 1. The number of halogens is 7. The van der Waals surface area contributed by atoms with E-state index >= 15 is 0 Å². The number of hydrogen-bond donors (Lipinski definition) is 1. The lowest BCUT2D eigenvalue weighted by atomic mass is 10.1. The lowest BCUT2D eigenvalue weighted by Crippen LogP contribution is -2.28. The van der Waals surface area contributed by atoms with E-state index < -0.39 is 53.4 Å². The summed E-state index contributed by atoms with van der Waals surface area (Å²) in [6.07, 6.45) is -11.9. The van der Waals surface area contributed by atoms with Gasteiger partial charge in [0.25, 0.3) is 11.5 Å². The number of aromatic nitrogens is 2. The van der Waals surface area contributed by atoms with Crippen LogP contribution in [0.3, 0.4) is 0 Å². The first kappa shape index (κ1) is 34.2. The Labute approximate surface area is 273 Å². The third-order valence-corrected chi connectivity index (χ3v) is 7.56. The molecule has 0 aliphatic heterocycles. The molecule has 0 fully saturated rings. The maximum Gasteiger partial charge on any atom is 0.416 e. The fourth-order valence-corrected chi connectivity index (χ4v) is 5.03. The molecule has 0 saturated heterocycles. The molecule has 248 valence electrons. The SMILES string of the molecule is O=C(CCc1nc2cc(C(F)(F)F)ccc2n(Cc2ccccc2)c1=O)OC(C(=O)Nc1cc(C(F)(F)F)ccc1Cl)c1ccccc1. The number of carbonyl (C=O) groups is 2. The molecule has 14 heteroatoms. The normalized spacial score (nSPS) is 12.5. The van der Waals surface area contributed by atoms with Crippen molar-refractivity contribution in [1.82, 2.24) is 9.55 Å². The predicted molar refractivity (Wildman–Crippen MR) is 165 cm³/mol. The van der Waals surface area contributed by atoms with Gasteiger partial charge in [-0.05, 0) is 42.0 Å². The molecule has 1 heterocycles. The molecule has 48 heavy (non-hydrogen) atoms. The number of ether oxygens (including phenoxy) is 1. The number of anilines is 1. The van der Waals surface area contributed by atoms with E-state index in [1.165, 1.54) is 16.7 Å². The van der Waals surface area contributed by atoms with Crippen molar-refractivity contribution in [1.29, 1.82) is 0 Å². The highest BCUT2D eigenvalue weighted by molar-refractivity contribution is 6.33. The van der Waals surface area contributed by atoms with E-state index in [1.807, 2.05) is 0 Å².